The molecule has 0 amide bonds. The molecular formula is C14H20Cl2N2. The smallest absolute Gasteiger partial charge is 0.128 e. The lowest BCUT2D eigenvalue weighted by atomic mass is 9.92. The highest BCUT2D eigenvalue weighted by molar-refractivity contribution is 6.32. The molecule has 2 heterocycles. The fraction of sp³-hybridized carbons (Fsp3) is 0.643. The van der Waals surface area contributed by atoms with Crippen LogP contribution in [0.3, 0.4) is 0 Å². The number of hydrogen-bond donors (Lipinski definition) is 0. The Labute approximate surface area is 119 Å². The van der Waals surface area contributed by atoms with E-state index >= 15 is 0 Å². The van der Waals surface area contributed by atoms with Crippen molar-refractivity contribution in [3.8, 4) is 0 Å². The van der Waals surface area contributed by atoms with Gasteiger partial charge in [-0.05, 0) is 30.4 Å². The minimum absolute atomic E-state index is 0.445. The van der Waals surface area contributed by atoms with Gasteiger partial charge >= 0.3 is 0 Å². The summed E-state index contributed by atoms with van der Waals surface area (Å²) in [5, 5.41) is 0.662. The summed E-state index contributed by atoms with van der Waals surface area (Å²) in [6.07, 6.45) is 6.91. The van der Waals surface area contributed by atoms with Gasteiger partial charge in [-0.2, -0.15) is 0 Å². The van der Waals surface area contributed by atoms with Crippen molar-refractivity contribution < 1.29 is 0 Å². The first-order valence-electron chi connectivity index (χ1n) is 6.70. The van der Waals surface area contributed by atoms with Gasteiger partial charge in [0.15, 0.2) is 0 Å². The molecule has 0 bridgehead atoms. The molecule has 100 valence electrons. The highest BCUT2D eigenvalue weighted by Crippen LogP contribution is 2.27. The maximum atomic E-state index is 6.03. The van der Waals surface area contributed by atoms with Crippen LogP contribution in [0, 0.1) is 5.92 Å². The van der Waals surface area contributed by atoms with Crippen molar-refractivity contribution in [2.24, 2.45) is 5.92 Å². The molecule has 0 atom stereocenters. The van der Waals surface area contributed by atoms with Crippen molar-refractivity contribution in [1.82, 2.24) is 4.98 Å². The lowest BCUT2D eigenvalue weighted by Crippen LogP contribution is -2.34. The number of nitrogens with zero attached hydrogens (tertiary/aromatic N) is 2. The molecule has 2 rings (SSSR count). The van der Waals surface area contributed by atoms with Crippen LogP contribution in [0.2, 0.25) is 5.02 Å². The molecule has 18 heavy (non-hydrogen) atoms. The molecule has 1 aromatic heterocycles. The predicted molar refractivity (Wildman–Crippen MR) is 78.6 cm³/mol. The fourth-order valence-corrected chi connectivity index (χ4v) is 3.06. The third kappa shape index (κ3) is 3.30. The second kappa shape index (κ2) is 6.63. The Balaban J connectivity index is 2.01. The number of rotatable bonds is 4. The summed E-state index contributed by atoms with van der Waals surface area (Å²) in [6, 6.07) is 2.02. The summed E-state index contributed by atoms with van der Waals surface area (Å²) in [5.41, 5.74) is 0.971. The van der Waals surface area contributed by atoms with Crippen molar-refractivity contribution >= 4 is 29.0 Å². The first-order chi connectivity index (χ1) is 8.74. The van der Waals surface area contributed by atoms with E-state index < -0.39 is 0 Å². The van der Waals surface area contributed by atoms with Gasteiger partial charge in [0.05, 0.1) is 5.02 Å². The molecule has 0 N–H and O–H groups in total. The average Bonchev–Trinajstić information content (AvgIpc) is 2.41. The number of aromatic nitrogens is 1. The first-order valence-corrected chi connectivity index (χ1v) is 7.61. The van der Waals surface area contributed by atoms with Crippen molar-refractivity contribution in [2.75, 3.05) is 18.0 Å². The van der Waals surface area contributed by atoms with Crippen molar-refractivity contribution in [1.29, 1.82) is 0 Å². The van der Waals surface area contributed by atoms with Crippen LogP contribution >= 0.6 is 23.2 Å². The van der Waals surface area contributed by atoms with Gasteiger partial charge < -0.3 is 4.90 Å². The SMILES string of the molecule is CCCC1CCN(c2cc(CCl)c(Cl)cn2)CC1. The molecule has 4 heteroatoms. The summed E-state index contributed by atoms with van der Waals surface area (Å²) >= 11 is 11.9. The fourth-order valence-electron chi connectivity index (χ4n) is 2.60. The van der Waals surface area contributed by atoms with Gasteiger partial charge in [-0.15, -0.1) is 11.6 Å². The highest BCUT2D eigenvalue weighted by atomic mass is 35.5. The van der Waals surface area contributed by atoms with E-state index in [9.17, 15) is 0 Å². The molecule has 1 aliphatic heterocycles. The Hall–Kier alpha value is -0.470. The molecule has 0 aliphatic carbocycles. The highest BCUT2D eigenvalue weighted by Gasteiger charge is 2.19. The van der Waals surface area contributed by atoms with Gasteiger partial charge in [-0.3, -0.25) is 0 Å². The Morgan fingerprint density at radius 2 is 2.11 bits per heavy atom. The molecular weight excluding hydrogens is 267 g/mol. The second-order valence-corrected chi connectivity index (χ2v) is 5.66. The van der Waals surface area contributed by atoms with E-state index in [4.69, 9.17) is 23.2 Å². The van der Waals surface area contributed by atoms with Crippen molar-refractivity contribution in [3.05, 3.63) is 22.8 Å². The summed E-state index contributed by atoms with van der Waals surface area (Å²) in [6.45, 7) is 4.46. The molecule has 0 saturated carbocycles. The first kappa shape index (κ1) is 14.0. The number of alkyl halides is 1. The topological polar surface area (TPSA) is 16.1 Å². The Bertz CT molecular complexity index is 387. The van der Waals surface area contributed by atoms with Crippen molar-refractivity contribution in [3.63, 3.8) is 0 Å². The van der Waals surface area contributed by atoms with Gasteiger partial charge in [0, 0.05) is 25.2 Å². The predicted octanol–water partition coefficient (Wildman–Crippen LogP) is 4.49. The molecule has 1 fully saturated rings. The minimum atomic E-state index is 0.445. The van der Waals surface area contributed by atoms with E-state index in [0.717, 1.165) is 30.4 Å². The summed E-state index contributed by atoms with van der Waals surface area (Å²) in [7, 11) is 0. The quantitative estimate of drug-likeness (QED) is 0.758. The maximum Gasteiger partial charge on any atom is 0.128 e. The third-order valence-corrected chi connectivity index (χ3v) is 4.33. The normalized spacial score (nSPS) is 17.2. The van der Waals surface area contributed by atoms with Gasteiger partial charge in [0.25, 0.3) is 0 Å². The van der Waals surface area contributed by atoms with E-state index in [1.165, 1.54) is 25.7 Å². The summed E-state index contributed by atoms with van der Waals surface area (Å²) < 4.78 is 0. The standard InChI is InChI=1S/C14H20Cl2N2/c1-2-3-11-4-6-18(7-5-11)14-8-12(9-15)13(16)10-17-14/h8,10-11H,2-7,9H2,1H3. The van der Waals surface area contributed by atoms with E-state index in [2.05, 4.69) is 16.8 Å². The molecule has 0 radical (unpaired) electrons. The average molecular weight is 287 g/mol. The van der Waals surface area contributed by atoms with E-state index in [0.29, 0.717) is 10.9 Å². The zero-order valence-electron chi connectivity index (χ0n) is 10.8. The number of pyridine rings is 1. The Morgan fingerprint density at radius 1 is 1.39 bits per heavy atom. The van der Waals surface area contributed by atoms with Crippen molar-refractivity contribution in [2.45, 2.75) is 38.5 Å². The molecule has 1 saturated heterocycles. The molecule has 0 spiro atoms. The zero-order chi connectivity index (χ0) is 13.0. The molecule has 2 nitrogen and oxygen atoms in total. The lowest BCUT2D eigenvalue weighted by Gasteiger charge is -2.33. The van der Waals surface area contributed by atoms with E-state index in [1.54, 1.807) is 6.20 Å². The second-order valence-electron chi connectivity index (χ2n) is 4.99. The van der Waals surface area contributed by atoms with Crippen LogP contribution < -0.4 is 4.90 Å². The number of anilines is 1. The minimum Gasteiger partial charge on any atom is -0.357 e. The monoisotopic (exact) mass is 286 g/mol. The van der Waals surface area contributed by atoms with Crippen LogP contribution in [-0.4, -0.2) is 18.1 Å². The molecule has 0 aromatic carbocycles. The molecule has 0 unspecified atom stereocenters. The third-order valence-electron chi connectivity index (χ3n) is 3.70. The number of hydrogen-bond acceptors (Lipinski definition) is 2. The molecule has 1 aromatic rings. The lowest BCUT2D eigenvalue weighted by molar-refractivity contribution is 0.377. The van der Waals surface area contributed by atoms with E-state index in [1.807, 2.05) is 6.07 Å². The molecule has 1 aliphatic rings. The summed E-state index contributed by atoms with van der Waals surface area (Å²) in [4.78, 5) is 6.76. The van der Waals surface area contributed by atoms with Gasteiger partial charge in [-0.1, -0.05) is 31.4 Å². The number of halogens is 2. The van der Waals surface area contributed by atoms with Gasteiger partial charge in [0.1, 0.15) is 5.82 Å². The Morgan fingerprint density at radius 3 is 2.72 bits per heavy atom. The maximum absolute atomic E-state index is 6.03. The van der Waals surface area contributed by atoms with Crippen LogP contribution in [0.4, 0.5) is 5.82 Å². The number of piperidine rings is 1. The van der Waals surface area contributed by atoms with Gasteiger partial charge in [0.2, 0.25) is 0 Å². The largest absolute Gasteiger partial charge is 0.357 e. The van der Waals surface area contributed by atoms with Crippen LogP contribution in [0.15, 0.2) is 12.3 Å². The Kier molecular flexibility index (Phi) is 5.13. The van der Waals surface area contributed by atoms with Crippen LogP contribution in [0.5, 0.6) is 0 Å². The van der Waals surface area contributed by atoms with Crippen LogP contribution in [-0.2, 0) is 5.88 Å². The van der Waals surface area contributed by atoms with E-state index in [-0.39, 0.29) is 0 Å². The van der Waals surface area contributed by atoms with Gasteiger partial charge in [-0.25, -0.2) is 4.98 Å². The zero-order valence-corrected chi connectivity index (χ0v) is 12.3. The van der Waals surface area contributed by atoms with Crippen LogP contribution in [0.1, 0.15) is 38.2 Å². The van der Waals surface area contributed by atoms with Crippen LogP contribution in [0.25, 0.3) is 0 Å². The summed E-state index contributed by atoms with van der Waals surface area (Å²) in [5.74, 6) is 2.36.